The van der Waals surface area contributed by atoms with Gasteiger partial charge in [-0.15, -0.1) is 0 Å². The number of hydrogen-bond acceptors (Lipinski definition) is 1. The van der Waals surface area contributed by atoms with E-state index in [1.165, 1.54) is 27.8 Å². The lowest BCUT2D eigenvalue weighted by Gasteiger charge is -2.22. The van der Waals surface area contributed by atoms with Crippen molar-refractivity contribution >= 4 is 17.5 Å². The fraction of sp³-hybridized carbons (Fsp3) is 0.167. The lowest BCUT2D eigenvalue weighted by atomic mass is 9.82. The van der Waals surface area contributed by atoms with Crippen LogP contribution < -0.4 is 5.32 Å². The largest absolute Gasteiger partial charge is 0.356 e. The zero-order valence-electron chi connectivity index (χ0n) is 15.0. The fourth-order valence-corrected chi connectivity index (χ4v) is 3.82. The Morgan fingerprint density at radius 2 is 1.44 bits per heavy atom. The summed E-state index contributed by atoms with van der Waals surface area (Å²) in [6, 6.07) is 24.0. The van der Waals surface area contributed by atoms with Gasteiger partial charge in [-0.2, -0.15) is 0 Å². The van der Waals surface area contributed by atoms with Crippen molar-refractivity contribution in [3.8, 4) is 11.1 Å². The Bertz CT molecular complexity index is 946. The van der Waals surface area contributed by atoms with E-state index in [0.717, 1.165) is 11.4 Å². The molecule has 0 bridgehead atoms. The molecule has 0 heterocycles. The Morgan fingerprint density at radius 3 is 2.20 bits per heavy atom. The lowest BCUT2D eigenvalue weighted by Crippen LogP contribution is -2.15. The normalized spacial score (nSPS) is 14.4. The average molecular weight is 325 g/mol. The summed E-state index contributed by atoms with van der Waals surface area (Å²) in [4.78, 5) is 0. The van der Waals surface area contributed by atoms with Crippen LogP contribution in [-0.4, -0.2) is 0 Å². The van der Waals surface area contributed by atoms with Gasteiger partial charge < -0.3 is 5.32 Å². The minimum atomic E-state index is 0.0411. The lowest BCUT2D eigenvalue weighted by molar-refractivity contribution is 0.660. The van der Waals surface area contributed by atoms with E-state index in [-0.39, 0.29) is 5.41 Å². The molecule has 0 amide bonds. The highest BCUT2D eigenvalue weighted by Crippen LogP contribution is 2.49. The van der Waals surface area contributed by atoms with Crippen LogP contribution in [0.1, 0.15) is 37.5 Å². The molecule has 0 unspecified atom stereocenters. The van der Waals surface area contributed by atoms with Crippen LogP contribution in [0.25, 0.3) is 17.2 Å². The molecule has 0 aliphatic heterocycles. The molecule has 1 heteroatoms. The van der Waals surface area contributed by atoms with Crippen LogP contribution in [-0.2, 0) is 5.41 Å². The highest BCUT2D eigenvalue weighted by atomic mass is 14.9. The van der Waals surface area contributed by atoms with Gasteiger partial charge in [0.1, 0.15) is 0 Å². The molecule has 1 aliphatic rings. The summed E-state index contributed by atoms with van der Waals surface area (Å²) in [6.07, 6.45) is 4.17. The van der Waals surface area contributed by atoms with Gasteiger partial charge in [0, 0.05) is 16.8 Å². The van der Waals surface area contributed by atoms with E-state index in [1.54, 1.807) is 0 Å². The Labute approximate surface area is 150 Å². The molecule has 124 valence electrons. The topological polar surface area (TPSA) is 12.0 Å². The Balaban J connectivity index is 1.67. The van der Waals surface area contributed by atoms with Crippen molar-refractivity contribution < 1.29 is 0 Å². The van der Waals surface area contributed by atoms with E-state index < -0.39 is 0 Å². The molecule has 1 aliphatic carbocycles. The van der Waals surface area contributed by atoms with E-state index in [2.05, 4.69) is 98.0 Å². The molecule has 3 aromatic rings. The monoisotopic (exact) mass is 325 g/mol. The molecule has 4 rings (SSSR count). The highest BCUT2D eigenvalue weighted by molar-refractivity contribution is 5.82. The number of benzene rings is 3. The molecule has 0 radical (unpaired) electrons. The summed E-state index contributed by atoms with van der Waals surface area (Å²) in [7, 11) is 0. The van der Waals surface area contributed by atoms with Crippen LogP contribution in [0.15, 0.2) is 72.8 Å². The first-order valence-corrected chi connectivity index (χ1v) is 8.84. The summed E-state index contributed by atoms with van der Waals surface area (Å²) in [5.41, 5.74) is 9.04. The molecule has 3 aromatic carbocycles. The number of anilines is 2. The standard InChI is InChI=1S/C24H23N/c1-4-7-17-10-12-18(13-11-17)25-19-14-15-21-20-8-5-6-9-22(20)24(2,3)23(21)16-19/h4-16,25H,1-3H3. The average Bonchev–Trinajstić information content (AvgIpc) is 2.85. The van der Waals surface area contributed by atoms with Gasteiger partial charge in [0.05, 0.1) is 0 Å². The van der Waals surface area contributed by atoms with Crippen molar-refractivity contribution in [3.63, 3.8) is 0 Å². The summed E-state index contributed by atoms with van der Waals surface area (Å²) in [6.45, 7) is 6.66. The summed E-state index contributed by atoms with van der Waals surface area (Å²) < 4.78 is 0. The van der Waals surface area contributed by atoms with Crippen LogP contribution in [0.3, 0.4) is 0 Å². The quantitative estimate of drug-likeness (QED) is 0.560. The van der Waals surface area contributed by atoms with Crippen molar-refractivity contribution in [2.45, 2.75) is 26.2 Å². The Kier molecular flexibility index (Phi) is 3.73. The molecule has 0 saturated heterocycles. The van der Waals surface area contributed by atoms with Gasteiger partial charge >= 0.3 is 0 Å². The zero-order valence-corrected chi connectivity index (χ0v) is 15.0. The maximum absolute atomic E-state index is 3.54. The van der Waals surface area contributed by atoms with Crippen molar-refractivity contribution in [1.82, 2.24) is 0 Å². The van der Waals surface area contributed by atoms with E-state index in [9.17, 15) is 0 Å². The summed E-state index contributed by atoms with van der Waals surface area (Å²) in [5.74, 6) is 0. The van der Waals surface area contributed by atoms with E-state index in [0.29, 0.717) is 0 Å². The third kappa shape index (κ3) is 2.66. The summed E-state index contributed by atoms with van der Waals surface area (Å²) >= 11 is 0. The third-order valence-electron chi connectivity index (χ3n) is 5.14. The van der Waals surface area contributed by atoms with Crippen molar-refractivity contribution in [3.05, 3.63) is 89.5 Å². The number of fused-ring (bicyclic) bond motifs is 3. The highest BCUT2D eigenvalue weighted by Gasteiger charge is 2.35. The molecule has 1 nitrogen and oxygen atoms in total. The van der Waals surface area contributed by atoms with Gasteiger partial charge in [-0.3, -0.25) is 0 Å². The van der Waals surface area contributed by atoms with Crippen molar-refractivity contribution in [1.29, 1.82) is 0 Å². The molecule has 25 heavy (non-hydrogen) atoms. The van der Waals surface area contributed by atoms with Gasteiger partial charge in [0.15, 0.2) is 0 Å². The van der Waals surface area contributed by atoms with Crippen molar-refractivity contribution in [2.75, 3.05) is 5.32 Å². The third-order valence-corrected chi connectivity index (χ3v) is 5.14. The predicted molar refractivity (Wildman–Crippen MR) is 108 cm³/mol. The molecule has 0 fully saturated rings. The molecule has 0 saturated carbocycles. The predicted octanol–water partition coefficient (Wildman–Crippen LogP) is 6.77. The van der Waals surface area contributed by atoms with Crippen LogP contribution in [0, 0.1) is 0 Å². The van der Waals surface area contributed by atoms with E-state index in [4.69, 9.17) is 0 Å². The molecular formula is C24H23N. The number of allylic oxidation sites excluding steroid dienone is 1. The van der Waals surface area contributed by atoms with E-state index in [1.807, 2.05) is 6.92 Å². The molecule has 0 atom stereocenters. The first kappa shape index (κ1) is 15.7. The summed E-state index contributed by atoms with van der Waals surface area (Å²) in [5, 5.41) is 3.54. The van der Waals surface area contributed by atoms with Gasteiger partial charge in [-0.05, 0) is 59.0 Å². The van der Waals surface area contributed by atoms with Gasteiger partial charge in [0.2, 0.25) is 0 Å². The second kappa shape index (κ2) is 5.93. The van der Waals surface area contributed by atoms with Gasteiger partial charge in [-0.25, -0.2) is 0 Å². The van der Waals surface area contributed by atoms with Crippen LogP contribution in [0.2, 0.25) is 0 Å². The second-order valence-corrected chi connectivity index (χ2v) is 7.18. The smallest absolute Gasteiger partial charge is 0.0387 e. The first-order valence-electron chi connectivity index (χ1n) is 8.84. The molecular weight excluding hydrogens is 302 g/mol. The van der Waals surface area contributed by atoms with Crippen LogP contribution in [0.5, 0.6) is 0 Å². The minimum Gasteiger partial charge on any atom is -0.356 e. The molecule has 1 N–H and O–H groups in total. The Morgan fingerprint density at radius 1 is 0.760 bits per heavy atom. The molecule has 0 aromatic heterocycles. The Hall–Kier alpha value is -2.80. The maximum Gasteiger partial charge on any atom is 0.0387 e. The SMILES string of the molecule is CC=Cc1ccc(Nc2ccc3c(c2)C(C)(C)c2ccccc2-3)cc1. The second-order valence-electron chi connectivity index (χ2n) is 7.18. The number of nitrogens with one attached hydrogen (secondary N) is 1. The number of hydrogen-bond donors (Lipinski definition) is 1. The maximum atomic E-state index is 3.54. The zero-order chi connectivity index (χ0) is 17.4. The minimum absolute atomic E-state index is 0.0411. The van der Waals surface area contributed by atoms with Crippen LogP contribution in [0.4, 0.5) is 11.4 Å². The van der Waals surface area contributed by atoms with E-state index >= 15 is 0 Å². The van der Waals surface area contributed by atoms with Crippen LogP contribution >= 0.6 is 0 Å². The van der Waals surface area contributed by atoms with Crippen molar-refractivity contribution in [2.24, 2.45) is 0 Å². The fourth-order valence-electron chi connectivity index (χ4n) is 3.82. The molecule has 0 spiro atoms. The van der Waals surface area contributed by atoms with Gasteiger partial charge in [0.25, 0.3) is 0 Å². The van der Waals surface area contributed by atoms with Gasteiger partial charge in [-0.1, -0.05) is 68.5 Å². The first-order chi connectivity index (χ1) is 12.1. The number of rotatable bonds is 3.